The number of benzene rings is 1. The SMILES string of the molecule is CCCOCCNc1ccc(OC(C)C)cc1. The van der Waals surface area contributed by atoms with E-state index in [1.807, 2.05) is 38.1 Å². The molecule has 0 aliphatic carbocycles. The molecule has 3 nitrogen and oxygen atoms in total. The monoisotopic (exact) mass is 237 g/mol. The van der Waals surface area contributed by atoms with Crippen LogP contribution in [0, 0.1) is 0 Å². The molecule has 0 bridgehead atoms. The predicted octanol–water partition coefficient (Wildman–Crippen LogP) is 3.31. The highest BCUT2D eigenvalue weighted by Crippen LogP contribution is 2.16. The Kier molecular flexibility index (Phi) is 6.48. The minimum absolute atomic E-state index is 0.219. The van der Waals surface area contributed by atoms with Gasteiger partial charge in [-0.1, -0.05) is 6.92 Å². The topological polar surface area (TPSA) is 30.5 Å². The van der Waals surface area contributed by atoms with Crippen molar-refractivity contribution in [2.75, 3.05) is 25.1 Å². The molecule has 1 N–H and O–H groups in total. The summed E-state index contributed by atoms with van der Waals surface area (Å²) in [5.41, 5.74) is 1.10. The molecule has 3 heteroatoms. The Morgan fingerprint density at radius 3 is 2.41 bits per heavy atom. The lowest BCUT2D eigenvalue weighted by Crippen LogP contribution is -2.10. The van der Waals surface area contributed by atoms with Crippen LogP contribution in [0.15, 0.2) is 24.3 Å². The van der Waals surface area contributed by atoms with Crippen molar-refractivity contribution in [3.63, 3.8) is 0 Å². The molecule has 0 heterocycles. The summed E-state index contributed by atoms with van der Waals surface area (Å²) < 4.78 is 11.0. The van der Waals surface area contributed by atoms with Gasteiger partial charge >= 0.3 is 0 Å². The van der Waals surface area contributed by atoms with Gasteiger partial charge in [-0.05, 0) is 44.5 Å². The molecule has 0 radical (unpaired) electrons. The van der Waals surface area contributed by atoms with E-state index < -0.39 is 0 Å². The second-order valence-corrected chi connectivity index (χ2v) is 4.23. The van der Waals surface area contributed by atoms with Crippen LogP contribution in [-0.4, -0.2) is 25.9 Å². The summed E-state index contributed by atoms with van der Waals surface area (Å²) in [6.45, 7) is 8.58. The molecule has 0 aliphatic heterocycles. The summed E-state index contributed by atoms with van der Waals surface area (Å²) in [5.74, 6) is 0.910. The van der Waals surface area contributed by atoms with Crippen molar-refractivity contribution in [3.05, 3.63) is 24.3 Å². The molecule has 0 fully saturated rings. The number of ether oxygens (including phenoxy) is 2. The first-order chi connectivity index (χ1) is 8.22. The molecule has 0 aromatic heterocycles. The van der Waals surface area contributed by atoms with Gasteiger partial charge in [-0.3, -0.25) is 0 Å². The standard InChI is InChI=1S/C14H23NO2/c1-4-10-16-11-9-15-13-5-7-14(8-6-13)17-12(2)3/h5-8,12,15H,4,9-11H2,1-3H3. The second-order valence-electron chi connectivity index (χ2n) is 4.23. The van der Waals surface area contributed by atoms with Crippen LogP contribution >= 0.6 is 0 Å². The van der Waals surface area contributed by atoms with Crippen LogP contribution in [0.2, 0.25) is 0 Å². The van der Waals surface area contributed by atoms with Gasteiger partial charge < -0.3 is 14.8 Å². The maximum absolute atomic E-state index is 5.57. The first-order valence-corrected chi connectivity index (χ1v) is 6.30. The Morgan fingerprint density at radius 2 is 1.82 bits per heavy atom. The zero-order valence-electron chi connectivity index (χ0n) is 11.0. The minimum atomic E-state index is 0.219. The van der Waals surface area contributed by atoms with Gasteiger partial charge in [0, 0.05) is 18.8 Å². The van der Waals surface area contributed by atoms with Crippen LogP contribution in [0.5, 0.6) is 5.75 Å². The number of anilines is 1. The van der Waals surface area contributed by atoms with Gasteiger partial charge in [0.15, 0.2) is 0 Å². The highest BCUT2D eigenvalue weighted by atomic mass is 16.5. The third kappa shape index (κ3) is 6.17. The van der Waals surface area contributed by atoms with E-state index in [1.165, 1.54) is 0 Å². The van der Waals surface area contributed by atoms with Crippen LogP contribution in [0.4, 0.5) is 5.69 Å². The summed E-state index contributed by atoms with van der Waals surface area (Å²) >= 11 is 0. The maximum atomic E-state index is 5.57. The molecule has 0 unspecified atom stereocenters. The van der Waals surface area contributed by atoms with Gasteiger partial charge in [0.2, 0.25) is 0 Å². The lowest BCUT2D eigenvalue weighted by Gasteiger charge is -2.11. The van der Waals surface area contributed by atoms with Crippen LogP contribution in [0.25, 0.3) is 0 Å². The number of hydrogen-bond donors (Lipinski definition) is 1. The van der Waals surface area contributed by atoms with E-state index in [1.54, 1.807) is 0 Å². The fourth-order valence-electron chi connectivity index (χ4n) is 1.44. The van der Waals surface area contributed by atoms with Crippen molar-refractivity contribution in [3.8, 4) is 5.75 Å². The molecule has 0 saturated heterocycles. The van der Waals surface area contributed by atoms with Crippen molar-refractivity contribution in [1.29, 1.82) is 0 Å². The van der Waals surface area contributed by atoms with E-state index in [9.17, 15) is 0 Å². The summed E-state index contributed by atoms with van der Waals surface area (Å²) in [5, 5.41) is 3.30. The molecule has 96 valence electrons. The summed E-state index contributed by atoms with van der Waals surface area (Å²) in [6.07, 6.45) is 1.29. The predicted molar refractivity (Wildman–Crippen MR) is 71.8 cm³/mol. The van der Waals surface area contributed by atoms with Crippen molar-refractivity contribution >= 4 is 5.69 Å². The van der Waals surface area contributed by atoms with Gasteiger partial charge in [-0.25, -0.2) is 0 Å². The normalized spacial score (nSPS) is 10.6. The van der Waals surface area contributed by atoms with E-state index in [0.29, 0.717) is 0 Å². The molecule has 1 aromatic rings. The van der Waals surface area contributed by atoms with Crippen LogP contribution < -0.4 is 10.1 Å². The number of nitrogens with one attached hydrogen (secondary N) is 1. The van der Waals surface area contributed by atoms with Gasteiger partial charge in [0.1, 0.15) is 5.75 Å². The van der Waals surface area contributed by atoms with Crippen molar-refractivity contribution in [2.45, 2.75) is 33.3 Å². The van der Waals surface area contributed by atoms with Crippen LogP contribution in [0.3, 0.4) is 0 Å². The highest BCUT2D eigenvalue weighted by molar-refractivity contribution is 5.46. The Labute approximate surface area is 104 Å². The fraction of sp³-hybridized carbons (Fsp3) is 0.571. The summed E-state index contributed by atoms with van der Waals surface area (Å²) in [6, 6.07) is 8.01. The second kappa shape index (κ2) is 7.96. The largest absolute Gasteiger partial charge is 0.491 e. The smallest absolute Gasteiger partial charge is 0.119 e. The van der Waals surface area contributed by atoms with Gasteiger partial charge in [-0.2, -0.15) is 0 Å². The summed E-state index contributed by atoms with van der Waals surface area (Å²) in [7, 11) is 0. The lowest BCUT2D eigenvalue weighted by molar-refractivity contribution is 0.144. The van der Waals surface area contributed by atoms with Crippen molar-refractivity contribution in [2.24, 2.45) is 0 Å². The van der Waals surface area contributed by atoms with E-state index in [0.717, 1.165) is 37.6 Å². The quantitative estimate of drug-likeness (QED) is 0.704. The molecule has 0 atom stereocenters. The molecule has 1 aromatic carbocycles. The maximum Gasteiger partial charge on any atom is 0.119 e. The summed E-state index contributed by atoms with van der Waals surface area (Å²) in [4.78, 5) is 0. The molecular formula is C14H23NO2. The van der Waals surface area contributed by atoms with Crippen LogP contribution in [-0.2, 0) is 4.74 Å². The van der Waals surface area contributed by atoms with Gasteiger partial charge in [0.05, 0.1) is 12.7 Å². The molecule has 0 amide bonds. The van der Waals surface area contributed by atoms with Crippen molar-refractivity contribution < 1.29 is 9.47 Å². The molecular weight excluding hydrogens is 214 g/mol. The van der Waals surface area contributed by atoms with E-state index in [-0.39, 0.29) is 6.10 Å². The fourth-order valence-corrected chi connectivity index (χ4v) is 1.44. The van der Waals surface area contributed by atoms with Gasteiger partial charge in [-0.15, -0.1) is 0 Å². The molecule has 0 saturated carbocycles. The van der Waals surface area contributed by atoms with E-state index in [4.69, 9.17) is 9.47 Å². The average molecular weight is 237 g/mol. The Balaban J connectivity index is 2.25. The van der Waals surface area contributed by atoms with Crippen molar-refractivity contribution in [1.82, 2.24) is 0 Å². The first kappa shape index (κ1) is 13.8. The third-order valence-corrected chi connectivity index (χ3v) is 2.15. The number of hydrogen-bond acceptors (Lipinski definition) is 3. The van der Waals surface area contributed by atoms with E-state index >= 15 is 0 Å². The zero-order valence-corrected chi connectivity index (χ0v) is 11.0. The van der Waals surface area contributed by atoms with Crippen LogP contribution in [0.1, 0.15) is 27.2 Å². The zero-order chi connectivity index (χ0) is 12.5. The third-order valence-electron chi connectivity index (χ3n) is 2.15. The van der Waals surface area contributed by atoms with Gasteiger partial charge in [0.25, 0.3) is 0 Å². The Morgan fingerprint density at radius 1 is 1.12 bits per heavy atom. The Hall–Kier alpha value is -1.22. The lowest BCUT2D eigenvalue weighted by atomic mass is 10.3. The molecule has 17 heavy (non-hydrogen) atoms. The Bertz CT molecular complexity index is 296. The molecule has 0 spiro atoms. The number of rotatable bonds is 8. The molecule has 0 aliphatic rings. The minimum Gasteiger partial charge on any atom is -0.491 e. The highest BCUT2D eigenvalue weighted by Gasteiger charge is 1.97. The first-order valence-electron chi connectivity index (χ1n) is 6.30. The van der Waals surface area contributed by atoms with E-state index in [2.05, 4.69) is 12.2 Å². The average Bonchev–Trinajstić information content (AvgIpc) is 2.30. The molecule has 1 rings (SSSR count).